The topological polar surface area (TPSA) is 116 Å². The first-order chi connectivity index (χ1) is 23.5. The van der Waals surface area contributed by atoms with E-state index < -0.39 is 33.0 Å². The summed E-state index contributed by atoms with van der Waals surface area (Å²) in [5.41, 5.74) is 4.85. The molecule has 2 aliphatic heterocycles. The van der Waals surface area contributed by atoms with Crippen molar-refractivity contribution >= 4 is 38.9 Å². The number of carbonyl (C=O) groups is 1. The van der Waals surface area contributed by atoms with E-state index in [-0.39, 0.29) is 5.41 Å². The summed E-state index contributed by atoms with van der Waals surface area (Å²) >= 11 is 0. The van der Waals surface area contributed by atoms with Crippen molar-refractivity contribution in [2.24, 2.45) is 0 Å². The zero-order chi connectivity index (χ0) is 37.1. The normalized spacial score (nSPS) is 18.2. The van der Waals surface area contributed by atoms with Gasteiger partial charge in [-0.2, -0.15) is 4.58 Å². The molecule has 5 rings (SSSR count). The minimum atomic E-state index is -4.52. The Morgan fingerprint density at radius 3 is 2.14 bits per heavy atom. The SMILES string of the molecule is C=C.COC(C)(C(=O)[O-])c1ccc(N(C)C[N+]2=C(/C=C/C=C/C=C3/N(CS(=O)(=O)[O-])c4ccccc4C3(C)C)C(C)(C)c3ccccc32)cc1. The third kappa shape index (κ3) is 7.23. The molecule has 9 nitrogen and oxygen atoms in total. The molecule has 1 atom stereocenters. The lowest BCUT2D eigenvalue weighted by atomic mass is 9.81. The Kier molecular flexibility index (Phi) is 11.1. The largest absolute Gasteiger partial charge is 0.747 e. The van der Waals surface area contributed by atoms with Gasteiger partial charge < -0.3 is 29.0 Å². The molecule has 0 amide bonds. The highest BCUT2D eigenvalue weighted by Crippen LogP contribution is 2.47. The van der Waals surface area contributed by atoms with Crippen molar-refractivity contribution in [1.29, 1.82) is 0 Å². The Labute approximate surface area is 296 Å². The van der Waals surface area contributed by atoms with Crippen LogP contribution in [0.25, 0.3) is 0 Å². The molecule has 0 radical (unpaired) electrons. The summed E-state index contributed by atoms with van der Waals surface area (Å²) in [6, 6.07) is 23.1. The maximum absolute atomic E-state index is 11.8. The Morgan fingerprint density at radius 1 is 0.940 bits per heavy atom. The predicted molar refractivity (Wildman–Crippen MR) is 198 cm³/mol. The fraction of sp³-hybridized carbons (Fsp3) is 0.300. The molecule has 2 aliphatic rings. The zero-order valence-corrected chi connectivity index (χ0v) is 30.7. The Bertz CT molecular complexity index is 1980. The molecule has 0 saturated carbocycles. The maximum Gasteiger partial charge on any atom is 0.224 e. The molecular weight excluding hydrogens is 651 g/mol. The van der Waals surface area contributed by atoms with Crippen molar-refractivity contribution in [2.75, 3.05) is 36.5 Å². The summed E-state index contributed by atoms with van der Waals surface area (Å²) in [4.78, 5) is 15.4. The van der Waals surface area contributed by atoms with Crippen LogP contribution in [0.15, 0.2) is 122 Å². The first kappa shape index (κ1) is 38.0. The molecule has 3 aromatic carbocycles. The van der Waals surface area contributed by atoms with Gasteiger partial charge in [0.25, 0.3) is 0 Å². The number of benzene rings is 3. The molecule has 0 aromatic heterocycles. The summed E-state index contributed by atoms with van der Waals surface area (Å²) in [6.45, 7) is 16.4. The number of para-hydroxylation sites is 2. The number of ether oxygens (including phenoxy) is 1. The third-order valence-corrected chi connectivity index (χ3v) is 10.2. The van der Waals surface area contributed by atoms with Crippen molar-refractivity contribution in [2.45, 2.75) is 51.0 Å². The lowest BCUT2D eigenvalue weighted by Crippen LogP contribution is -2.45. The molecule has 1 unspecified atom stereocenters. The molecular formula is C40H46N3O6S-. The van der Waals surface area contributed by atoms with Crippen molar-refractivity contribution in [1.82, 2.24) is 0 Å². The molecule has 0 saturated heterocycles. The van der Waals surface area contributed by atoms with Crippen LogP contribution in [0.1, 0.15) is 51.3 Å². The highest BCUT2D eigenvalue weighted by Gasteiger charge is 2.44. The van der Waals surface area contributed by atoms with Crippen LogP contribution in [-0.2, 0) is 36.1 Å². The van der Waals surface area contributed by atoms with Crippen LogP contribution in [0.3, 0.4) is 0 Å². The minimum absolute atomic E-state index is 0.298. The second-order valence-corrected chi connectivity index (χ2v) is 14.8. The van der Waals surface area contributed by atoms with E-state index in [0.717, 1.165) is 34.0 Å². The molecule has 10 heteroatoms. The van der Waals surface area contributed by atoms with E-state index >= 15 is 0 Å². The van der Waals surface area contributed by atoms with Gasteiger partial charge in [-0.15, -0.1) is 13.2 Å². The predicted octanol–water partition coefficient (Wildman–Crippen LogP) is 5.87. The van der Waals surface area contributed by atoms with Crippen LogP contribution in [0, 0.1) is 0 Å². The minimum Gasteiger partial charge on any atom is -0.747 e. The molecule has 0 aliphatic carbocycles. The van der Waals surface area contributed by atoms with Gasteiger partial charge in [0.2, 0.25) is 12.4 Å². The number of carboxylic acid groups (broad SMARTS) is 1. The summed E-state index contributed by atoms with van der Waals surface area (Å²) in [7, 11) is -1.18. The lowest BCUT2D eigenvalue weighted by Gasteiger charge is -2.30. The number of rotatable bonds is 11. The zero-order valence-electron chi connectivity index (χ0n) is 29.8. The van der Waals surface area contributed by atoms with Gasteiger partial charge in [0.15, 0.2) is 5.71 Å². The smallest absolute Gasteiger partial charge is 0.224 e. The van der Waals surface area contributed by atoms with Crippen LogP contribution < -0.4 is 14.9 Å². The lowest BCUT2D eigenvalue weighted by molar-refractivity contribution is -0.436. The van der Waals surface area contributed by atoms with Crippen molar-refractivity contribution < 1.29 is 32.2 Å². The number of nitrogens with zero attached hydrogens (tertiary/aromatic N) is 3. The quantitative estimate of drug-likeness (QED) is 0.106. The van der Waals surface area contributed by atoms with Crippen LogP contribution in [0.4, 0.5) is 17.1 Å². The van der Waals surface area contributed by atoms with E-state index in [4.69, 9.17) is 4.74 Å². The highest BCUT2D eigenvalue weighted by atomic mass is 32.2. The molecule has 0 spiro atoms. The van der Waals surface area contributed by atoms with E-state index in [0.29, 0.717) is 12.2 Å². The molecule has 2 heterocycles. The molecule has 0 N–H and O–H groups in total. The van der Waals surface area contributed by atoms with Crippen LogP contribution in [0.5, 0.6) is 0 Å². The number of carboxylic acids is 1. The Morgan fingerprint density at radius 2 is 1.54 bits per heavy atom. The van der Waals surface area contributed by atoms with Gasteiger partial charge in [-0.05, 0) is 56.2 Å². The number of hydrogen-bond donors (Lipinski definition) is 0. The highest BCUT2D eigenvalue weighted by molar-refractivity contribution is 7.85. The fourth-order valence-electron chi connectivity index (χ4n) is 6.74. The summed E-state index contributed by atoms with van der Waals surface area (Å²) in [5, 5.41) is 11.7. The van der Waals surface area contributed by atoms with Gasteiger partial charge in [0.05, 0.1) is 11.4 Å². The van der Waals surface area contributed by atoms with Gasteiger partial charge in [-0.3, -0.25) is 0 Å². The van der Waals surface area contributed by atoms with Gasteiger partial charge in [0.1, 0.15) is 21.6 Å². The molecule has 0 bridgehead atoms. The van der Waals surface area contributed by atoms with E-state index in [2.05, 4.69) is 54.7 Å². The van der Waals surface area contributed by atoms with E-state index in [1.807, 2.05) is 93.7 Å². The van der Waals surface area contributed by atoms with Gasteiger partial charge in [-0.1, -0.05) is 80.6 Å². The van der Waals surface area contributed by atoms with Gasteiger partial charge >= 0.3 is 0 Å². The van der Waals surface area contributed by atoms with Crippen molar-refractivity contribution in [3.8, 4) is 0 Å². The monoisotopic (exact) mass is 696 g/mol. The summed E-state index contributed by atoms with van der Waals surface area (Å²) < 4.78 is 43.0. The second kappa shape index (κ2) is 14.6. The Balaban J connectivity index is 0.00000276. The average molecular weight is 697 g/mol. The standard InChI is InChI=1S/C38H43N3O6S.C2H4/c1-36(2)29-15-11-13-17-31(29)40(25-39(6)28-23-21-27(22-24-28)38(5,47-7)35(42)43)33(36)19-9-8-10-20-34-37(3,4)30-16-12-14-18-32(30)41(34)26-48(44,45)46;1-2/h8-24H,25-26H2,1-7H3,(H-,42,43,44,45,46);1-2H2/p-1. The number of anilines is 2. The van der Waals surface area contributed by atoms with Crippen molar-refractivity contribution in [3.05, 3.63) is 139 Å². The molecule has 0 fully saturated rings. The van der Waals surface area contributed by atoms with E-state index in [1.165, 1.54) is 19.6 Å². The number of allylic oxidation sites excluding steroid dienone is 6. The molecule has 264 valence electrons. The number of methoxy groups -OCH3 is 1. The third-order valence-electron chi connectivity index (χ3n) is 9.63. The first-order valence-corrected chi connectivity index (χ1v) is 17.8. The number of carbonyl (C=O) groups excluding carboxylic acids is 1. The van der Waals surface area contributed by atoms with Gasteiger partial charge in [-0.25, -0.2) is 8.42 Å². The summed E-state index contributed by atoms with van der Waals surface area (Å²) in [6.07, 6.45) is 9.71. The molecule has 50 heavy (non-hydrogen) atoms. The second-order valence-electron chi connectivity index (χ2n) is 13.4. The van der Waals surface area contributed by atoms with E-state index in [1.54, 1.807) is 17.0 Å². The van der Waals surface area contributed by atoms with E-state index in [9.17, 15) is 22.9 Å². The molecule has 3 aromatic rings. The first-order valence-electron chi connectivity index (χ1n) is 16.2. The van der Waals surface area contributed by atoms with Crippen LogP contribution in [-0.4, -0.2) is 55.9 Å². The summed E-state index contributed by atoms with van der Waals surface area (Å²) in [5.74, 6) is -1.94. The fourth-order valence-corrected chi connectivity index (χ4v) is 7.33. The number of hydrogen-bond acceptors (Lipinski definition) is 8. The van der Waals surface area contributed by atoms with Crippen LogP contribution in [0.2, 0.25) is 0 Å². The number of fused-ring (bicyclic) bond motifs is 2. The number of aliphatic carboxylic acids is 1. The van der Waals surface area contributed by atoms with Crippen LogP contribution >= 0.6 is 0 Å². The van der Waals surface area contributed by atoms with Gasteiger partial charge in [0, 0.05) is 54.4 Å². The average Bonchev–Trinajstić information content (AvgIpc) is 3.42. The maximum atomic E-state index is 11.8. The van der Waals surface area contributed by atoms with Crippen molar-refractivity contribution in [3.63, 3.8) is 0 Å². The Hall–Kier alpha value is -4.77.